The Balaban J connectivity index is 2.63. The Morgan fingerprint density at radius 3 is 2.88 bits per heavy atom. The van der Waals surface area contributed by atoms with Gasteiger partial charge in [0, 0.05) is 13.5 Å². The zero-order valence-corrected chi connectivity index (χ0v) is 9.66. The molecule has 86 valence electrons. The molecule has 0 aliphatic rings. The molecule has 0 aromatic heterocycles. The molecule has 1 aromatic carbocycles. The Bertz CT molecular complexity index is 397. The molecular formula is C13H17NO2. The van der Waals surface area contributed by atoms with Crippen LogP contribution in [-0.2, 0) is 11.4 Å². The van der Waals surface area contributed by atoms with Gasteiger partial charge in [-0.15, -0.1) is 0 Å². The van der Waals surface area contributed by atoms with Crippen LogP contribution in [0.15, 0.2) is 24.3 Å². The van der Waals surface area contributed by atoms with Gasteiger partial charge in [0.15, 0.2) is 0 Å². The number of nitrogens with one attached hydrogen (secondary N) is 1. The molecule has 0 saturated carbocycles. The number of carbonyl (C=O) groups excluding carboxylic acids is 1. The summed E-state index contributed by atoms with van der Waals surface area (Å²) in [6.07, 6.45) is 3.81. The van der Waals surface area contributed by atoms with Crippen molar-refractivity contribution in [3.05, 3.63) is 41.0 Å². The lowest BCUT2D eigenvalue weighted by Gasteiger charge is -2.03. The maximum atomic E-state index is 10.6. The average molecular weight is 219 g/mol. The molecule has 0 unspecified atom stereocenters. The van der Waals surface area contributed by atoms with Gasteiger partial charge in [0.05, 0.1) is 6.61 Å². The average Bonchev–Trinajstić information content (AvgIpc) is 2.26. The van der Waals surface area contributed by atoms with Gasteiger partial charge in [-0.25, -0.2) is 0 Å². The molecule has 16 heavy (non-hydrogen) atoms. The lowest BCUT2D eigenvalue weighted by molar-refractivity contribution is -0.118. The maximum Gasteiger partial charge on any atom is 0.217 e. The molecule has 0 aliphatic heterocycles. The van der Waals surface area contributed by atoms with Crippen molar-refractivity contribution in [2.45, 2.75) is 20.5 Å². The highest BCUT2D eigenvalue weighted by Crippen LogP contribution is 2.12. The largest absolute Gasteiger partial charge is 0.392 e. The van der Waals surface area contributed by atoms with Crippen LogP contribution in [0.5, 0.6) is 0 Å². The molecule has 0 fully saturated rings. The Kier molecular flexibility index (Phi) is 4.73. The Labute approximate surface area is 95.8 Å². The first-order chi connectivity index (χ1) is 7.63. The van der Waals surface area contributed by atoms with E-state index in [2.05, 4.69) is 5.32 Å². The van der Waals surface area contributed by atoms with Crippen molar-refractivity contribution in [2.75, 3.05) is 6.54 Å². The van der Waals surface area contributed by atoms with Crippen LogP contribution in [0.3, 0.4) is 0 Å². The van der Waals surface area contributed by atoms with E-state index in [4.69, 9.17) is 5.11 Å². The lowest BCUT2D eigenvalue weighted by atomic mass is 10.1. The SMILES string of the molecule is CC(=O)NCC=Cc1ccc(C)c(CO)c1. The van der Waals surface area contributed by atoms with Crippen molar-refractivity contribution in [1.82, 2.24) is 5.32 Å². The van der Waals surface area contributed by atoms with Crippen LogP contribution in [0, 0.1) is 6.92 Å². The predicted molar refractivity (Wildman–Crippen MR) is 64.8 cm³/mol. The number of hydrogen-bond donors (Lipinski definition) is 2. The monoisotopic (exact) mass is 219 g/mol. The molecule has 3 nitrogen and oxygen atoms in total. The molecule has 3 heteroatoms. The smallest absolute Gasteiger partial charge is 0.217 e. The molecule has 0 heterocycles. The number of aryl methyl sites for hydroxylation is 1. The van der Waals surface area contributed by atoms with E-state index < -0.39 is 0 Å². The highest BCUT2D eigenvalue weighted by molar-refractivity contribution is 5.73. The van der Waals surface area contributed by atoms with Crippen molar-refractivity contribution in [1.29, 1.82) is 0 Å². The summed E-state index contributed by atoms with van der Waals surface area (Å²) in [4.78, 5) is 10.6. The number of rotatable bonds is 4. The summed E-state index contributed by atoms with van der Waals surface area (Å²) in [6.45, 7) is 4.04. The normalized spacial score (nSPS) is 10.7. The summed E-state index contributed by atoms with van der Waals surface area (Å²) < 4.78 is 0. The standard InChI is InChI=1S/C13H17NO2/c1-10-5-6-12(8-13(10)9-15)4-3-7-14-11(2)16/h3-6,8,15H,7,9H2,1-2H3,(H,14,16). The third kappa shape index (κ3) is 3.87. The Morgan fingerprint density at radius 1 is 1.50 bits per heavy atom. The quantitative estimate of drug-likeness (QED) is 0.808. The minimum Gasteiger partial charge on any atom is -0.392 e. The zero-order chi connectivity index (χ0) is 12.0. The van der Waals surface area contributed by atoms with E-state index in [0.29, 0.717) is 6.54 Å². The van der Waals surface area contributed by atoms with Crippen LogP contribution in [0.4, 0.5) is 0 Å². The summed E-state index contributed by atoms with van der Waals surface area (Å²) in [5, 5.41) is 11.8. The number of aliphatic hydroxyl groups excluding tert-OH is 1. The molecule has 0 saturated heterocycles. The zero-order valence-electron chi connectivity index (χ0n) is 9.66. The van der Waals surface area contributed by atoms with Crippen LogP contribution < -0.4 is 5.32 Å². The Morgan fingerprint density at radius 2 is 2.25 bits per heavy atom. The fraction of sp³-hybridized carbons (Fsp3) is 0.308. The van der Waals surface area contributed by atoms with E-state index >= 15 is 0 Å². The first kappa shape index (κ1) is 12.5. The molecular weight excluding hydrogens is 202 g/mol. The minimum absolute atomic E-state index is 0.0374. The molecule has 0 spiro atoms. The van der Waals surface area contributed by atoms with Crippen molar-refractivity contribution >= 4 is 12.0 Å². The summed E-state index contributed by atoms with van der Waals surface area (Å²) in [5.41, 5.74) is 3.04. The first-order valence-electron chi connectivity index (χ1n) is 5.25. The first-order valence-corrected chi connectivity index (χ1v) is 5.25. The molecule has 0 atom stereocenters. The van der Waals surface area contributed by atoms with Crippen LogP contribution in [0.25, 0.3) is 6.08 Å². The second-order valence-electron chi connectivity index (χ2n) is 3.68. The molecule has 0 aliphatic carbocycles. The van der Waals surface area contributed by atoms with E-state index in [0.717, 1.165) is 16.7 Å². The third-order valence-electron chi connectivity index (χ3n) is 2.32. The highest BCUT2D eigenvalue weighted by atomic mass is 16.3. The van der Waals surface area contributed by atoms with Gasteiger partial charge < -0.3 is 10.4 Å². The van der Waals surface area contributed by atoms with Crippen molar-refractivity contribution < 1.29 is 9.90 Å². The highest BCUT2D eigenvalue weighted by Gasteiger charge is 1.96. The second kappa shape index (κ2) is 6.08. The van der Waals surface area contributed by atoms with E-state index in [-0.39, 0.29) is 12.5 Å². The summed E-state index contributed by atoms with van der Waals surface area (Å²) in [5.74, 6) is -0.0374. The number of carbonyl (C=O) groups is 1. The van der Waals surface area contributed by atoms with Crippen LogP contribution >= 0.6 is 0 Å². The van der Waals surface area contributed by atoms with Gasteiger partial charge in [-0.2, -0.15) is 0 Å². The lowest BCUT2D eigenvalue weighted by Crippen LogP contribution is -2.19. The van der Waals surface area contributed by atoms with E-state index in [1.165, 1.54) is 6.92 Å². The molecule has 1 rings (SSSR count). The summed E-state index contributed by atoms with van der Waals surface area (Å²) in [6, 6.07) is 5.90. The van der Waals surface area contributed by atoms with Gasteiger partial charge in [-0.05, 0) is 29.7 Å². The number of hydrogen-bond acceptors (Lipinski definition) is 2. The molecule has 1 amide bonds. The van der Waals surface area contributed by atoms with Crippen molar-refractivity contribution in [2.24, 2.45) is 0 Å². The summed E-state index contributed by atoms with van der Waals surface area (Å²) >= 11 is 0. The molecule has 0 radical (unpaired) electrons. The molecule has 0 bridgehead atoms. The number of benzene rings is 1. The van der Waals surface area contributed by atoms with Gasteiger partial charge in [0.2, 0.25) is 5.91 Å². The third-order valence-corrected chi connectivity index (χ3v) is 2.32. The van der Waals surface area contributed by atoms with Gasteiger partial charge in [0.25, 0.3) is 0 Å². The number of aliphatic hydroxyl groups is 1. The number of amides is 1. The van der Waals surface area contributed by atoms with E-state index in [1.807, 2.05) is 37.3 Å². The van der Waals surface area contributed by atoms with Crippen LogP contribution in [0.1, 0.15) is 23.6 Å². The van der Waals surface area contributed by atoms with Crippen molar-refractivity contribution in [3.63, 3.8) is 0 Å². The summed E-state index contributed by atoms with van der Waals surface area (Å²) in [7, 11) is 0. The van der Waals surface area contributed by atoms with Gasteiger partial charge in [0.1, 0.15) is 0 Å². The predicted octanol–water partition coefficient (Wildman–Crippen LogP) is 1.64. The fourth-order valence-corrected chi connectivity index (χ4v) is 1.36. The van der Waals surface area contributed by atoms with Crippen LogP contribution in [-0.4, -0.2) is 17.6 Å². The van der Waals surface area contributed by atoms with E-state index in [9.17, 15) is 4.79 Å². The Hall–Kier alpha value is -1.61. The van der Waals surface area contributed by atoms with Gasteiger partial charge >= 0.3 is 0 Å². The van der Waals surface area contributed by atoms with E-state index in [1.54, 1.807) is 0 Å². The maximum absolute atomic E-state index is 10.6. The van der Waals surface area contributed by atoms with Gasteiger partial charge in [-0.1, -0.05) is 24.3 Å². The topological polar surface area (TPSA) is 49.3 Å². The van der Waals surface area contributed by atoms with Crippen LogP contribution in [0.2, 0.25) is 0 Å². The van der Waals surface area contributed by atoms with Crippen molar-refractivity contribution in [3.8, 4) is 0 Å². The minimum atomic E-state index is -0.0374. The van der Waals surface area contributed by atoms with Gasteiger partial charge in [-0.3, -0.25) is 4.79 Å². The second-order valence-corrected chi connectivity index (χ2v) is 3.68. The molecule has 2 N–H and O–H groups in total. The molecule has 1 aromatic rings. The fourth-order valence-electron chi connectivity index (χ4n) is 1.36.